The van der Waals surface area contributed by atoms with Gasteiger partial charge < -0.3 is 14.8 Å². The van der Waals surface area contributed by atoms with Crippen LogP contribution in [0.3, 0.4) is 0 Å². The molecule has 0 saturated heterocycles. The number of benzene rings is 2. The minimum absolute atomic E-state index is 0.166. The van der Waals surface area contributed by atoms with E-state index in [0.717, 1.165) is 0 Å². The lowest BCUT2D eigenvalue weighted by atomic mass is 10.0. The highest BCUT2D eigenvalue weighted by molar-refractivity contribution is 6.32. The number of methoxy groups -OCH3 is 1. The summed E-state index contributed by atoms with van der Waals surface area (Å²) < 4.78 is 10.9. The van der Waals surface area contributed by atoms with Gasteiger partial charge in [0.2, 0.25) is 5.91 Å². The number of amides is 2. The molecular weight excluding hydrogens is 426 g/mol. The second kappa shape index (κ2) is 8.81. The highest BCUT2D eigenvalue weighted by Crippen LogP contribution is 2.39. The molecule has 1 aliphatic heterocycles. The van der Waals surface area contributed by atoms with Crippen LogP contribution in [0.15, 0.2) is 36.4 Å². The Labute approximate surface area is 184 Å². The molecule has 2 atom stereocenters. The van der Waals surface area contributed by atoms with Crippen LogP contribution in [0.2, 0.25) is 5.02 Å². The van der Waals surface area contributed by atoms with E-state index in [1.165, 1.54) is 30.2 Å². The monoisotopic (exact) mass is 447 g/mol. The molecule has 3 rings (SSSR count). The fourth-order valence-electron chi connectivity index (χ4n) is 3.28. The number of ether oxygens (including phenoxy) is 2. The normalized spacial score (nSPS) is 16.4. The maximum Gasteiger partial charge on any atom is 0.273 e. The van der Waals surface area contributed by atoms with E-state index in [4.69, 9.17) is 21.1 Å². The molecule has 9 nitrogen and oxygen atoms in total. The van der Waals surface area contributed by atoms with Gasteiger partial charge in [-0.25, -0.2) is 0 Å². The van der Waals surface area contributed by atoms with E-state index < -0.39 is 28.9 Å². The van der Waals surface area contributed by atoms with Crippen molar-refractivity contribution in [2.24, 2.45) is 5.92 Å². The Morgan fingerprint density at radius 3 is 2.55 bits per heavy atom. The van der Waals surface area contributed by atoms with Gasteiger partial charge in [0, 0.05) is 11.8 Å². The summed E-state index contributed by atoms with van der Waals surface area (Å²) in [5, 5.41) is 14.2. The summed E-state index contributed by atoms with van der Waals surface area (Å²) in [6.45, 7) is 5.17. The fraction of sp³-hybridized carbons (Fsp3) is 0.333. The molecular formula is C21H22ClN3O6. The van der Waals surface area contributed by atoms with Crippen LogP contribution in [0.5, 0.6) is 11.5 Å². The van der Waals surface area contributed by atoms with Crippen LogP contribution in [0.4, 0.5) is 17.1 Å². The zero-order valence-corrected chi connectivity index (χ0v) is 18.2. The predicted molar refractivity (Wildman–Crippen MR) is 116 cm³/mol. The number of nitro groups is 1. The molecule has 0 fully saturated rings. The van der Waals surface area contributed by atoms with Gasteiger partial charge in [0.1, 0.15) is 11.8 Å². The van der Waals surface area contributed by atoms with Gasteiger partial charge in [0.05, 0.1) is 28.8 Å². The average Bonchev–Trinajstić information content (AvgIpc) is 2.72. The summed E-state index contributed by atoms with van der Waals surface area (Å²) >= 11 is 6.11. The zero-order chi connectivity index (χ0) is 22.9. The number of halogens is 1. The number of non-ortho nitro benzene ring substituents is 1. The molecule has 1 aliphatic rings. The van der Waals surface area contributed by atoms with Gasteiger partial charge in [-0.3, -0.25) is 24.6 Å². The summed E-state index contributed by atoms with van der Waals surface area (Å²) in [6.07, 6.45) is -0.875. The number of nitrogens with zero attached hydrogens (tertiary/aromatic N) is 2. The Bertz CT molecular complexity index is 1040. The fourth-order valence-corrected chi connectivity index (χ4v) is 3.54. The molecule has 0 radical (unpaired) electrons. The molecule has 1 heterocycles. The summed E-state index contributed by atoms with van der Waals surface area (Å²) in [4.78, 5) is 38.0. The first-order valence-corrected chi connectivity index (χ1v) is 9.94. The lowest BCUT2D eigenvalue weighted by molar-refractivity contribution is -0.384. The molecule has 2 unspecified atom stereocenters. The van der Waals surface area contributed by atoms with Crippen LogP contribution < -0.4 is 19.7 Å². The number of carbonyl (C=O) groups is 2. The average molecular weight is 448 g/mol. The number of carbonyl (C=O) groups excluding carboxylic acids is 2. The molecule has 0 bridgehead atoms. The van der Waals surface area contributed by atoms with E-state index in [1.54, 1.807) is 39.0 Å². The summed E-state index contributed by atoms with van der Waals surface area (Å²) in [5.41, 5.74) is 0.566. The van der Waals surface area contributed by atoms with Crippen LogP contribution in [-0.4, -0.2) is 36.0 Å². The van der Waals surface area contributed by atoms with Gasteiger partial charge in [-0.1, -0.05) is 25.4 Å². The van der Waals surface area contributed by atoms with Gasteiger partial charge >= 0.3 is 0 Å². The van der Waals surface area contributed by atoms with Crippen LogP contribution in [-0.2, 0) is 9.59 Å². The number of rotatable bonds is 6. The van der Waals surface area contributed by atoms with Crippen molar-refractivity contribution in [2.45, 2.75) is 32.9 Å². The first-order valence-electron chi connectivity index (χ1n) is 9.56. The minimum Gasteiger partial charge on any atom is -0.495 e. The highest BCUT2D eigenvalue weighted by atomic mass is 35.5. The quantitative estimate of drug-likeness (QED) is 0.528. The molecule has 1 N–H and O–H groups in total. The standard InChI is InChI=1S/C21H22ClN3O6/c1-11(2)19-21(27)24(16-7-6-14(25(28)29)10-18(16)31-19)12(3)20(26)23-13-5-8-17(30-4)15(22)9-13/h5-12,19H,1-4H3,(H,23,26). The lowest BCUT2D eigenvalue weighted by Gasteiger charge is -2.38. The van der Waals surface area contributed by atoms with E-state index in [9.17, 15) is 19.7 Å². The van der Waals surface area contributed by atoms with Crippen molar-refractivity contribution < 1.29 is 24.0 Å². The molecule has 0 saturated carbocycles. The third kappa shape index (κ3) is 4.41. The number of hydrogen-bond donors (Lipinski definition) is 1. The third-order valence-corrected chi connectivity index (χ3v) is 5.24. The summed E-state index contributed by atoms with van der Waals surface area (Å²) in [7, 11) is 1.48. The predicted octanol–water partition coefficient (Wildman–Crippen LogP) is 4.03. The first-order chi connectivity index (χ1) is 14.6. The van der Waals surface area contributed by atoms with E-state index >= 15 is 0 Å². The van der Waals surface area contributed by atoms with Crippen LogP contribution in [0.1, 0.15) is 20.8 Å². The highest BCUT2D eigenvalue weighted by Gasteiger charge is 2.41. The number of anilines is 2. The van der Waals surface area contributed by atoms with Gasteiger partial charge in [-0.05, 0) is 37.1 Å². The Balaban J connectivity index is 1.93. The Hall–Kier alpha value is -3.33. The van der Waals surface area contributed by atoms with Crippen LogP contribution in [0, 0.1) is 16.0 Å². The van der Waals surface area contributed by atoms with Gasteiger partial charge in [0.15, 0.2) is 11.9 Å². The third-order valence-electron chi connectivity index (χ3n) is 4.94. The molecule has 0 aliphatic carbocycles. The summed E-state index contributed by atoms with van der Waals surface area (Å²) in [6, 6.07) is 7.82. The second-order valence-corrected chi connectivity index (χ2v) is 7.82. The van der Waals surface area contributed by atoms with Gasteiger partial charge in [0.25, 0.3) is 11.6 Å². The molecule has 0 spiro atoms. The minimum atomic E-state index is -0.918. The van der Waals surface area contributed by atoms with E-state index in [2.05, 4.69) is 5.32 Å². The lowest BCUT2D eigenvalue weighted by Crippen LogP contribution is -2.55. The zero-order valence-electron chi connectivity index (χ0n) is 17.4. The molecule has 2 amide bonds. The Morgan fingerprint density at radius 2 is 1.97 bits per heavy atom. The second-order valence-electron chi connectivity index (χ2n) is 7.41. The van der Waals surface area contributed by atoms with Crippen molar-refractivity contribution in [1.29, 1.82) is 0 Å². The molecule has 0 aromatic heterocycles. The van der Waals surface area contributed by atoms with E-state index in [-0.39, 0.29) is 17.4 Å². The van der Waals surface area contributed by atoms with E-state index in [1.807, 2.05) is 0 Å². The van der Waals surface area contributed by atoms with Crippen molar-refractivity contribution >= 4 is 40.5 Å². The van der Waals surface area contributed by atoms with Crippen LogP contribution >= 0.6 is 11.6 Å². The van der Waals surface area contributed by atoms with Gasteiger partial charge in [-0.2, -0.15) is 0 Å². The van der Waals surface area contributed by atoms with Crippen molar-refractivity contribution in [1.82, 2.24) is 0 Å². The van der Waals surface area contributed by atoms with Crippen molar-refractivity contribution in [3.8, 4) is 11.5 Å². The topological polar surface area (TPSA) is 111 Å². The Kier molecular flexibility index (Phi) is 6.35. The van der Waals surface area contributed by atoms with E-state index in [0.29, 0.717) is 22.1 Å². The smallest absolute Gasteiger partial charge is 0.273 e. The number of hydrogen-bond acceptors (Lipinski definition) is 6. The number of nitro benzene ring substituents is 1. The molecule has 164 valence electrons. The Morgan fingerprint density at radius 1 is 1.26 bits per heavy atom. The van der Waals surface area contributed by atoms with Gasteiger partial charge in [-0.15, -0.1) is 0 Å². The number of fused-ring (bicyclic) bond motifs is 1. The number of nitrogens with one attached hydrogen (secondary N) is 1. The molecule has 10 heteroatoms. The SMILES string of the molecule is COc1ccc(NC(=O)C(C)N2C(=O)C(C(C)C)Oc3cc([N+](=O)[O-])ccc32)cc1Cl. The molecule has 2 aromatic rings. The largest absolute Gasteiger partial charge is 0.495 e. The maximum absolute atomic E-state index is 13.1. The van der Waals surface area contributed by atoms with Crippen molar-refractivity contribution in [3.05, 3.63) is 51.5 Å². The summed E-state index contributed by atoms with van der Waals surface area (Å²) in [5.74, 6) is -0.417. The van der Waals surface area contributed by atoms with Crippen molar-refractivity contribution in [2.75, 3.05) is 17.3 Å². The first kappa shape index (κ1) is 22.4. The maximum atomic E-state index is 13.1. The van der Waals surface area contributed by atoms with Crippen LogP contribution in [0.25, 0.3) is 0 Å². The van der Waals surface area contributed by atoms with Crippen molar-refractivity contribution in [3.63, 3.8) is 0 Å². The molecule has 2 aromatic carbocycles. The molecule has 31 heavy (non-hydrogen) atoms.